The van der Waals surface area contributed by atoms with Crippen molar-refractivity contribution < 1.29 is 9.53 Å². The van der Waals surface area contributed by atoms with Gasteiger partial charge in [0, 0.05) is 25.4 Å². The maximum atomic E-state index is 12.5. The summed E-state index contributed by atoms with van der Waals surface area (Å²) in [5.74, 6) is 0.655. The fourth-order valence-electron chi connectivity index (χ4n) is 2.36. The highest BCUT2D eigenvalue weighted by atomic mass is 32.1. The van der Waals surface area contributed by atoms with Gasteiger partial charge >= 0.3 is 0 Å². The standard InChI is InChI=1S/C15H19N3O2S/c1-9-12(14(19)18(2)3)13(17-15(21)16-9)10-7-5-6-8-11(10)20-4/h5-8,13H,1-4H3,(H2,16,17,21)/t13-/m1/s1. The van der Waals surface area contributed by atoms with Gasteiger partial charge in [0.1, 0.15) is 5.75 Å². The third-order valence-electron chi connectivity index (χ3n) is 3.36. The molecule has 1 heterocycles. The van der Waals surface area contributed by atoms with Gasteiger partial charge in [0.05, 0.1) is 18.7 Å². The van der Waals surface area contributed by atoms with E-state index in [0.717, 1.165) is 17.0 Å². The average molecular weight is 305 g/mol. The van der Waals surface area contributed by atoms with Crippen molar-refractivity contribution in [2.45, 2.75) is 13.0 Å². The SMILES string of the molecule is COc1ccccc1[C@H]1NC(=S)NC(C)=C1C(=O)N(C)C. The molecule has 112 valence electrons. The molecule has 1 aromatic carbocycles. The van der Waals surface area contributed by atoms with Crippen LogP contribution in [-0.2, 0) is 4.79 Å². The van der Waals surface area contributed by atoms with E-state index >= 15 is 0 Å². The fraction of sp³-hybridized carbons (Fsp3) is 0.333. The number of hydrogen-bond donors (Lipinski definition) is 2. The van der Waals surface area contributed by atoms with Crippen LogP contribution in [0.4, 0.5) is 0 Å². The van der Waals surface area contributed by atoms with E-state index in [9.17, 15) is 4.79 Å². The highest BCUT2D eigenvalue weighted by Crippen LogP contribution is 2.33. The number of allylic oxidation sites excluding steroid dienone is 1. The van der Waals surface area contributed by atoms with E-state index in [0.29, 0.717) is 10.7 Å². The number of benzene rings is 1. The van der Waals surface area contributed by atoms with Crippen molar-refractivity contribution in [3.63, 3.8) is 0 Å². The molecule has 2 N–H and O–H groups in total. The number of carbonyl (C=O) groups excluding carboxylic acids is 1. The lowest BCUT2D eigenvalue weighted by Crippen LogP contribution is -2.46. The van der Waals surface area contributed by atoms with E-state index in [-0.39, 0.29) is 11.9 Å². The predicted octanol–water partition coefficient (Wildman–Crippen LogP) is 1.58. The molecule has 0 radical (unpaired) electrons. The van der Waals surface area contributed by atoms with Gasteiger partial charge < -0.3 is 20.3 Å². The summed E-state index contributed by atoms with van der Waals surface area (Å²) >= 11 is 5.22. The van der Waals surface area contributed by atoms with Crippen LogP contribution >= 0.6 is 12.2 Å². The Hall–Kier alpha value is -2.08. The molecule has 5 nitrogen and oxygen atoms in total. The Labute approximate surface area is 130 Å². The molecule has 1 aliphatic rings. The Bertz CT molecular complexity index is 611. The summed E-state index contributed by atoms with van der Waals surface area (Å²) < 4.78 is 5.41. The van der Waals surface area contributed by atoms with Crippen molar-refractivity contribution in [1.29, 1.82) is 0 Å². The Morgan fingerprint density at radius 3 is 2.62 bits per heavy atom. The summed E-state index contributed by atoms with van der Waals surface area (Å²) in [6, 6.07) is 7.28. The fourth-order valence-corrected chi connectivity index (χ4v) is 2.63. The van der Waals surface area contributed by atoms with Crippen LogP contribution in [-0.4, -0.2) is 37.1 Å². The summed E-state index contributed by atoms with van der Waals surface area (Å²) in [5, 5.41) is 6.67. The van der Waals surface area contributed by atoms with Crippen molar-refractivity contribution in [2.75, 3.05) is 21.2 Å². The van der Waals surface area contributed by atoms with Crippen LogP contribution < -0.4 is 15.4 Å². The van der Waals surface area contributed by atoms with E-state index in [4.69, 9.17) is 17.0 Å². The number of ether oxygens (including phenoxy) is 1. The summed E-state index contributed by atoms with van der Waals surface area (Å²) in [7, 11) is 5.08. The predicted molar refractivity (Wildman–Crippen MR) is 86.0 cm³/mol. The van der Waals surface area contributed by atoms with Gasteiger partial charge in [0.2, 0.25) is 0 Å². The highest BCUT2D eigenvalue weighted by Gasteiger charge is 2.32. The monoisotopic (exact) mass is 305 g/mol. The van der Waals surface area contributed by atoms with Crippen LogP contribution in [0, 0.1) is 0 Å². The minimum absolute atomic E-state index is 0.0640. The van der Waals surface area contributed by atoms with Crippen molar-refractivity contribution in [2.24, 2.45) is 0 Å². The second-order valence-corrected chi connectivity index (χ2v) is 5.42. The zero-order chi connectivity index (χ0) is 15.6. The molecule has 2 rings (SSSR count). The lowest BCUT2D eigenvalue weighted by Gasteiger charge is -2.32. The maximum absolute atomic E-state index is 12.5. The van der Waals surface area contributed by atoms with Crippen LogP contribution in [0.5, 0.6) is 5.75 Å². The molecule has 0 spiro atoms. The topological polar surface area (TPSA) is 53.6 Å². The summed E-state index contributed by atoms with van der Waals surface area (Å²) in [6.07, 6.45) is 0. The molecule has 1 aliphatic heterocycles. The number of nitrogens with one attached hydrogen (secondary N) is 2. The van der Waals surface area contributed by atoms with E-state index in [1.54, 1.807) is 26.1 Å². The van der Waals surface area contributed by atoms with Crippen LogP contribution in [0.25, 0.3) is 0 Å². The lowest BCUT2D eigenvalue weighted by atomic mass is 9.94. The number of hydrogen-bond acceptors (Lipinski definition) is 3. The van der Waals surface area contributed by atoms with Gasteiger partial charge in [-0.1, -0.05) is 18.2 Å². The number of thiocarbonyl (C=S) groups is 1. The molecule has 0 aromatic heterocycles. The van der Waals surface area contributed by atoms with Gasteiger partial charge in [-0.25, -0.2) is 0 Å². The minimum atomic E-state index is -0.329. The van der Waals surface area contributed by atoms with Gasteiger partial charge in [-0.15, -0.1) is 0 Å². The molecular weight excluding hydrogens is 286 g/mol. The van der Waals surface area contributed by atoms with Crippen molar-refractivity contribution in [1.82, 2.24) is 15.5 Å². The Kier molecular flexibility index (Phi) is 4.47. The quantitative estimate of drug-likeness (QED) is 0.830. The largest absolute Gasteiger partial charge is 0.496 e. The third kappa shape index (κ3) is 3.00. The first-order valence-corrected chi connectivity index (χ1v) is 6.99. The van der Waals surface area contributed by atoms with Crippen LogP contribution in [0.1, 0.15) is 18.5 Å². The van der Waals surface area contributed by atoms with Gasteiger partial charge in [0.25, 0.3) is 5.91 Å². The Morgan fingerprint density at radius 2 is 2.00 bits per heavy atom. The highest BCUT2D eigenvalue weighted by molar-refractivity contribution is 7.80. The lowest BCUT2D eigenvalue weighted by molar-refractivity contribution is -0.125. The van der Waals surface area contributed by atoms with Gasteiger partial charge in [-0.2, -0.15) is 0 Å². The smallest absolute Gasteiger partial charge is 0.253 e. The second-order valence-electron chi connectivity index (χ2n) is 5.01. The maximum Gasteiger partial charge on any atom is 0.253 e. The molecule has 1 aromatic rings. The van der Waals surface area contributed by atoms with Gasteiger partial charge in [0.15, 0.2) is 5.11 Å². The molecule has 0 saturated heterocycles. The number of carbonyl (C=O) groups is 1. The number of methoxy groups -OCH3 is 1. The molecule has 0 fully saturated rings. The van der Waals surface area contributed by atoms with Crippen LogP contribution in [0.15, 0.2) is 35.5 Å². The van der Waals surface area contributed by atoms with Crippen LogP contribution in [0.2, 0.25) is 0 Å². The number of para-hydroxylation sites is 1. The molecule has 1 amide bonds. The summed E-state index contributed by atoms with van der Waals surface area (Å²) in [4.78, 5) is 14.1. The molecule has 6 heteroatoms. The summed E-state index contributed by atoms with van der Waals surface area (Å²) in [6.45, 7) is 1.85. The normalized spacial score (nSPS) is 17.9. The number of rotatable bonds is 3. The molecule has 0 unspecified atom stereocenters. The average Bonchev–Trinajstić information content (AvgIpc) is 2.45. The summed E-state index contributed by atoms with van der Waals surface area (Å²) in [5.41, 5.74) is 2.28. The van der Waals surface area contributed by atoms with Crippen LogP contribution in [0.3, 0.4) is 0 Å². The minimum Gasteiger partial charge on any atom is -0.496 e. The number of nitrogens with zero attached hydrogens (tertiary/aromatic N) is 1. The van der Waals surface area contributed by atoms with E-state index in [2.05, 4.69) is 10.6 Å². The first-order valence-electron chi connectivity index (χ1n) is 6.58. The van der Waals surface area contributed by atoms with E-state index in [1.165, 1.54) is 0 Å². The zero-order valence-electron chi connectivity index (χ0n) is 12.6. The van der Waals surface area contributed by atoms with Crippen molar-refractivity contribution in [3.8, 4) is 5.75 Å². The first kappa shape index (κ1) is 15.3. The Morgan fingerprint density at radius 1 is 1.33 bits per heavy atom. The van der Waals surface area contributed by atoms with E-state index < -0.39 is 0 Å². The van der Waals surface area contributed by atoms with E-state index in [1.807, 2.05) is 31.2 Å². The Balaban J connectivity index is 2.55. The molecule has 0 aliphatic carbocycles. The molecule has 1 atom stereocenters. The van der Waals surface area contributed by atoms with Gasteiger partial charge in [-0.05, 0) is 25.2 Å². The van der Waals surface area contributed by atoms with Gasteiger partial charge in [-0.3, -0.25) is 4.79 Å². The first-order chi connectivity index (χ1) is 9.95. The molecular formula is C15H19N3O2S. The van der Waals surface area contributed by atoms with Crippen molar-refractivity contribution >= 4 is 23.2 Å². The molecule has 0 saturated carbocycles. The number of amides is 1. The number of likely N-dealkylation sites (N-methyl/N-ethyl adjacent to an activating group) is 1. The second kappa shape index (κ2) is 6.13. The van der Waals surface area contributed by atoms with Crippen molar-refractivity contribution in [3.05, 3.63) is 41.1 Å². The molecule has 21 heavy (non-hydrogen) atoms. The zero-order valence-corrected chi connectivity index (χ0v) is 13.4. The third-order valence-corrected chi connectivity index (χ3v) is 3.58. The molecule has 0 bridgehead atoms.